The van der Waals surface area contributed by atoms with Gasteiger partial charge in [0.2, 0.25) is 5.91 Å². The molecule has 0 bridgehead atoms. The van der Waals surface area contributed by atoms with Crippen LogP contribution in [0.4, 0.5) is 5.69 Å². The van der Waals surface area contributed by atoms with E-state index < -0.39 is 5.25 Å². The Labute approximate surface area is 222 Å². The zero-order valence-corrected chi connectivity index (χ0v) is 22.2. The first-order valence-electron chi connectivity index (χ1n) is 12.1. The smallest absolute Gasteiger partial charge is 0.237 e. The summed E-state index contributed by atoms with van der Waals surface area (Å²) in [6.45, 7) is 5.99. The molecule has 0 aliphatic carbocycles. The number of ether oxygens (including phenoxy) is 1. The maximum Gasteiger partial charge on any atom is 0.237 e. The van der Waals surface area contributed by atoms with Crippen LogP contribution in [0.1, 0.15) is 30.0 Å². The molecule has 6 heteroatoms. The summed E-state index contributed by atoms with van der Waals surface area (Å²) >= 11 is 1.33. The van der Waals surface area contributed by atoms with Gasteiger partial charge >= 0.3 is 0 Å². The second-order valence-corrected chi connectivity index (χ2v) is 9.88. The molecule has 0 radical (unpaired) electrons. The van der Waals surface area contributed by atoms with Crippen molar-refractivity contribution in [2.75, 3.05) is 12.4 Å². The van der Waals surface area contributed by atoms with Gasteiger partial charge in [-0.2, -0.15) is 5.26 Å². The summed E-state index contributed by atoms with van der Waals surface area (Å²) in [5.41, 5.74) is 6.75. The molecule has 1 heterocycles. The summed E-state index contributed by atoms with van der Waals surface area (Å²) in [7, 11) is 1.62. The highest BCUT2D eigenvalue weighted by Crippen LogP contribution is 2.37. The molecular formula is C31H29N3O2S. The Morgan fingerprint density at radius 1 is 1.03 bits per heavy atom. The molecule has 0 saturated carbocycles. The van der Waals surface area contributed by atoms with Gasteiger partial charge < -0.3 is 10.1 Å². The van der Waals surface area contributed by atoms with Crippen molar-refractivity contribution < 1.29 is 9.53 Å². The van der Waals surface area contributed by atoms with E-state index in [0.29, 0.717) is 17.0 Å². The number of thioether (sulfide) groups is 1. The average Bonchev–Trinajstić information content (AvgIpc) is 2.94. The van der Waals surface area contributed by atoms with E-state index in [9.17, 15) is 10.1 Å². The van der Waals surface area contributed by atoms with Crippen LogP contribution in [0.3, 0.4) is 0 Å². The number of rotatable bonds is 8. The molecule has 1 atom stereocenters. The van der Waals surface area contributed by atoms with E-state index >= 15 is 0 Å². The lowest BCUT2D eigenvalue weighted by atomic mass is 9.99. The summed E-state index contributed by atoms with van der Waals surface area (Å²) in [6.07, 6.45) is 0.585. The predicted molar refractivity (Wildman–Crippen MR) is 151 cm³/mol. The zero-order valence-electron chi connectivity index (χ0n) is 21.4. The SMILES string of the molecule is CCC(Sc1nc(-c2ccccc2)cc(-c2ccc(OC)cc2)c1C#N)C(=O)Nc1cccc(C)c1C. The normalized spacial score (nSPS) is 11.4. The van der Waals surface area contributed by atoms with E-state index in [0.717, 1.165) is 44.9 Å². The summed E-state index contributed by atoms with van der Waals surface area (Å²) in [5, 5.41) is 13.4. The quantitative estimate of drug-likeness (QED) is 0.251. The number of carbonyl (C=O) groups excluding carboxylic acids is 1. The topological polar surface area (TPSA) is 75.0 Å². The van der Waals surface area contributed by atoms with E-state index in [-0.39, 0.29) is 5.91 Å². The van der Waals surface area contributed by atoms with Gasteiger partial charge in [-0.3, -0.25) is 4.79 Å². The fourth-order valence-corrected chi connectivity index (χ4v) is 5.05. The van der Waals surface area contributed by atoms with Gasteiger partial charge in [0.05, 0.1) is 23.6 Å². The Balaban J connectivity index is 1.76. The second kappa shape index (κ2) is 11.8. The van der Waals surface area contributed by atoms with Crippen LogP contribution in [-0.4, -0.2) is 23.3 Å². The monoisotopic (exact) mass is 507 g/mol. The number of aryl methyl sites for hydroxylation is 1. The van der Waals surface area contributed by atoms with Crippen LogP contribution in [0, 0.1) is 25.2 Å². The van der Waals surface area contributed by atoms with E-state index in [1.54, 1.807) is 7.11 Å². The number of amides is 1. The van der Waals surface area contributed by atoms with Gasteiger partial charge in [0.15, 0.2) is 0 Å². The molecule has 0 saturated heterocycles. The maximum absolute atomic E-state index is 13.3. The Kier molecular flexibility index (Phi) is 8.27. The van der Waals surface area contributed by atoms with Crippen molar-refractivity contribution >= 4 is 23.4 Å². The number of methoxy groups -OCH3 is 1. The summed E-state index contributed by atoms with van der Waals surface area (Å²) in [6, 6.07) is 27.6. The largest absolute Gasteiger partial charge is 0.497 e. The third kappa shape index (κ3) is 5.84. The average molecular weight is 508 g/mol. The van der Waals surface area contributed by atoms with E-state index in [4.69, 9.17) is 9.72 Å². The van der Waals surface area contributed by atoms with Crippen molar-refractivity contribution in [2.45, 2.75) is 37.5 Å². The van der Waals surface area contributed by atoms with Gasteiger partial charge in [-0.1, -0.05) is 73.3 Å². The first kappa shape index (κ1) is 26.0. The zero-order chi connectivity index (χ0) is 26.4. The minimum atomic E-state index is -0.422. The van der Waals surface area contributed by atoms with Gasteiger partial charge in [0.1, 0.15) is 16.8 Å². The minimum Gasteiger partial charge on any atom is -0.497 e. The molecule has 37 heavy (non-hydrogen) atoms. The molecule has 186 valence electrons. The molecule has 1 amide bonds. The number of carbonyl (C=O) groups is 1. The van der Waals surface area contributed by atoms with Crippen LogP contribution < -0.4 is 10.1 Å². The van der Waals surface area contributed by atoms with Crippen molar-refractivity contribution in [3.63, 3.8) is 0 Å². The van der Waals surface area contributed by atoms with E-state index in [2.05, 4.69) is 11.4 Å². The summed E-state index contributed by atoms with van der Waals surface area (Å²) < 4.78 is 5.31. The number of hydrogen-bond acceptors (Lipinski definition) is 5. The number of nitrogens with one attached hydrogen (secondary N) is 1. The van der Waals surface area contributed by atoms with Crippen LogP contribution in [0.2, 0.25) is 0 Å². The molecule has 3 aromatic carbocycles. The van der Waals surface area contributed by atoms with Crippen molar-refractivity contribution in [1.82, 2.24) is 4.98 Å². The molecule has 1 aromatic heterocycles. The number of nitrogens with zero attached hydrogens (tertiary/aromatic N) is 2. The van der Waals surface area contributed by atoms with Gasteiger partial charge in [0, 0.05) is 16.8 Å². The highest BCUT2D eigenvalue weighted by Gasteiger charge is 2.24. The fraction of sp³-hybridized carbons (Fsp3) is 0.194. The molecule has 0 aliphatic heterocycles. The molecule has 4 aromatic rings. The first-order chi connectivity index (χ1) is 17.9. The predicted octanol–water partition coefficient (Wildman–Crippen LogP) is 7.42. The fourth-order valence-electron chi connectivity index (χ4n) is 4.03. The highest BCUT2D eigenvalue weighted by atomic mass is 32.2. The highest BCUT2D eigenvalue weighted by molar-refractivity contribution is 8.00. The number of nitriles is 1. The number of anilines is 1. The Bertz CT molecular complexity index is 1440. The van der Waals surface area contributed by atoms with Gasteiger partial charge in [-0.15, -0.1) is 0 Å². The van der Waals surface area contributed by atoms with Crippen LogP contribution in [-0.2, 0) is 4.79 Å². The summed E-state index contributed by atoms with van der Waals surface area (Å²) in [4.78, 5) is 18.2. The summed E-state index contributed by atoms with van der Waals surface area (Å²) in [5.74, 6) is 0.631. The maximum atomic E-state index is 13.3. The molecule has 4 rings (SSSR count). The number of hydrogen-bond donors (Lipinski definition) is 1. The van der Waals surface area contributed by atoms with Gasteiger partial charge in [0.25, 0.3) is 0 Å². The third-order valence-corrected chi connectivity index (χ3v) is 7.70. The Morgan fingerprint density at radius 2 is 1.76 bits per heavy atom. The number of aromatic nitrogens is 1. The van der Waals surface area contributed by atoms with Crippen LogP contribution in [0.5, 0.6) is 5.75 Å². The number of benzene rings is 3. The van der Waals surface area contributed by atoms with E-state index in [1.807, 2.05) is 99.6 Å². The van der Waals surface area contributed by atoms with Crippen molar-refractivity contribution in [1.29, 1.82) is 5.26 Å². The number of pyridine rings is 1. The van der Waals surface area contributed by atoms with Crippen LogP contribution in [0.15, 0.2) is 83.9 Å². The first-order valence-corrected chi connectivity index (χ1v) is 13.0. The Morgan fingerprint density at radius 3 is 2.41 bits per heavy atom. The molecule has 1 N–H and O–H groups in total. The van der Waals surface area contributed by atoms with Crippen molar-refractivity contribution in [3.8, 4) is 34.2 Å². The molecule has 0 aliphatic rings. The molecule has 0 spiro atoms. The molecule has 0 fully saturated rings. The van der Waals surface area contributed by atoms with Gasteiger partial charge in [-0.25, -0.2) is 4.98 Å². The lowest BCUT2D eigenvalue weighted by Crippen LogP contribution is -2.25. The lowest BCUT2D eigenvalue weighted by molar-refractivity contribution is -0.115. The third-order valence-electron chi connectivity index (χ3n) is 6.35. The van der Waals surface area contributed by atoms with Crippen molar-refractivity contribution in [2.24, 2.45) is 0 Å². The molecule has 1 unspecified atom stereocenters. The standard InChI is InChI=1S/C31H29N3O2S/c1-5-29(30(35)33-27-13-9-10-20(2)21(27)3)37-31-26(19-32)25(22-14-16-24(36-4)17-15-22)18-28(34-31)23-11-7-6-8-12-23/h6-18,29H,5H2,1-4H3,(H,33,35). The minimum absolute atomic E-state index is 0.108. The van der Waals surface area contributed by atoms with Crippen LogP contribution >= 0.6 is 11.8 Å². The second-order valence-electron chi connectivity index (χ2n) is 8.69. The van der Waals surface area contributed by atoms with Crippen molar-refractivity contribution in [3.05, 3.63) is 95.6 Å². The molecule has 5 nitrogen and oxygen atoms in total. The van der Waals surface area contributed by atoms with E-state index in [1.165, 1.54) is 11.8 Å². The van der Waals surface area contributed by atoms with Crippen LogP contribution in [0.25, 0.3) is 22.4 Å². The molecular weight excluding hydrogens is 478 g/mol. The van der Waals surface area contributed by atoms with Gasteiger partial charge in [-0.05, 0) is 61.2 Å². The Hall–Kier alpha value is -4.08. The lowest BCUT2D eigenvalue weighted by Gasteiger charge is -2.18.